The zero-order valence-electron chi connectivity index (χ0n) is 24.6. The summed E-state index contributed by atoms with van der Waals surface area (Å²) in [5.41, 5.74) is 10.5. The fraction of sp³-hybridized carbons (Fsp3) is 0.128. The lowest BCUT2D eigenvalue weighted by atomic mass is 9.61. The van der Waals surface area contributed by atoms with Crippen LogP contribution in [0.5, 0.6) is 0 Å². The topological polar surface area (TPSA) is 40.6 Å². The monoisotopic (exact) mass is 592 g/mol. The molecule has 3 atom stereocenters. The van der Waals surface area contributed by atoms with Gasteiger partial charge in [-0.15, -0.1) is 0 Å². The summed E-state index contributed by atoms with van der Waals surface area (Å²) >= 11 is 0. The van der Waals surface area contributed by atoms with Crippen molar-refractivity contribution in [1.82, 2.24) is 4.90 Å². The first-order valence-electron chi connectivity index (χ1n) is 15.1. The van der Waals surface area contributed by atoms with Gasteiger partial charge in [-0.05, 0) is 54.3 Å². The summed E-state index contributed by atoms with van der Waals surface area (Å²) in [7, 11) is -3.95. The summed E-state index contributed by atoms with van der Waals surface area (Å²) in [6, 6.07) is 42.6. The lowest BCUT2D eigenvalue weighted by Gasteiger charge is -2.52. The van der Waals surface area contributed by atoms with E-state index in [2.05, 4.69) is 96.8 Å². The summed E-state index contributed by atoms with van der Waals surface area (Å²) < 4.78 is 30.7. The molecule has 4 nitrogen and oxygen atoms in total. The highest BCUT2D eigenvalue weighted by Gasteiger charge is 2.51. The van der Waals surface area contributed by atoms with E-state index in [0.29, 0.717) is 5.69 Å². The van der Waals surface area contributed by atoms with Gasteiger partial charge in [0.2, 0.25) is 0 Å². The Morgan fingerprint density at radius 3 is 1.84 bits per heavy atom. The van der Waals surface area contributed by atoms with E-state index in [1.54, 1.807) is 12.1 Å². The highest BCUT2D eigenvalue weighted by Crippen LogP contribution is 2.63. The Balaban J connectivity index is 1.45. The maximum Gasteiger partial charge on any atom is 0.268 e. The van der Waals surface area contributed by atoms with Crippen LogP contribution in [0.25, 0.3) is 11.4 Å². The van der Waals surface area contributed by atoms with Gasteiger partial charge in [-0.1, -0.05) is 126 Å². The Hall–Kier alpha value is -4.87. The second kappa shape index (κ2) is 10.1. The SMILES string of the molecule is Cc1ccc(C2=CN(S(=O)(=O)c3ccc(C)cc3)c3ccccc3C3C4c5ccccc5C4C=C(c4ccccc4)N23)cc1. The van der Waals surface area contributed by atoms with E-state index in [0.717, 1.165) is 39.2 Å². The molecule has 0 saturated carbocycles. The molecule has 0 spiro atoms. The lowest BCUT2D eigenvalue weighted by Crippen LogP contribution is -2.41. The van der Waals surface area contributed by atoms with Gasteiger partial charge in [-0.2, -0.15) is 0 Å². The molecule has 0 amide bonds. The van der Waals surface area contributed by atoms with Crippen molar-refractivity contribution in [2.75, 3.05) is 4.31 Å². The summed E-state index contributed by atoms with van der Waals surface area (Å²) in [6.45, 7) is 4.04. The molecule has 5 aromatic carbocycles. The molecule has 0 bridgehead atoms. The zero-order chi connectivity index (χ0) is 30.0. The van der Waals surface area contributed by atoms with E-state index in [-0.39, 0.29) is 22.8 Å². The third-order valence-corrected chi connectivity index (χ3v) is 11.0. The van der Waals surface area contributed by atoms with Crippen LogP contribution in [0.3, 0.4) is 0 Å². The summed E-state index contributed by atoms with van der Waals surface area (Å²) in [5.74, 6) is 0.380. The van der Waals surface area contributed by atoms with Crippen LogP contribution in [0, 0.1) is 13.8 Å². The first-order valence-corrected chi connectivity index (χ1v) is 16.5. The minimum Gasteiger partial charge on any atom is -0.331 e. The van der Waals surface area contributed by atoms with Crippen LogP contribution in [-0.4, -0.2) is 13.3 Å². The van der Waals surface area contributed by atoms with E-state index in [1.165, 1.54) is 15.4 Å². The van der Waals surface area contributed by atoms with Crippen LogP contribution >= 0.6 is 0 Å². The smallest absolute Gasteiger partial charge is 0.268 e. The molecule has 44 heavy (non-hydrogen) atoms. The fourth-order valence-corrected chi connectivity index (χ4v) is 8.50. The molecule has 0 saturated heterocycles. The van der Waals surface area contributed by atoms with Gasteiger partial charge in [0, 0.05) is 29.3 Å². The maximum atomic E-state index is 14.6. The minimum atomic E-state index is -3.95. The number of para-hydroxylation sites is 1. The summed E-state index contributed by atoms with van der Waals surface area (Å²) in [4.78, 5) is 2.67. The second-order valence-corrected chi connectivity index (χ2v) is 13.8. The number of anilines is 1. The van der Waals surface area contributed by atoms with Crippen molar-refractivity contribution in [3.05, 3.63) is 179 Å². The average molecular weight is 593 g/mol. The molecule has 3 unspecified atom stereocenters. The van der Waals surface area contributed by atoms with Gasteiger partial charge in [-0.3, -0.25) is 0 Å². The van der Waals surface area contributed by atoms with Gasteiger partial charge in [0.25, 0.3) is 10.0 Å². The predicted molar refractivity (Wildman–Crippen MR) is 177 cm³/mol. The van der Waals surface area contributed by atoms with Crippen molar-refractivity contribution >= 4 is 27.1 Å². The van der Waals surface area contributed by atoms with Crippen molar-refractivity contribution in [2.45, 2.75) is 36.6 Å². The molecule has 0 aromatic heterocycles. The molecular weight excluding hydrogens is 561 g/mol. The Labute approximate surface area is 259 Å². The third-order valence-electron chi connectivity index (χ3n) is 9.30. The van der Waals surface area contributed by atoms with Gasteiger partial charge in [0.15, 0.2) is 0 Å². The van der Waals surface area contributed by atoms with Gasteiger partial charge in [-0.25, -0.2) is 12.7 Å². The molecule has 1 aliphatic carbocycles. The van der Waals surface area contributed by atoms with E-state index in [9.17, 15) is 8.42 Å². The van der Waals surface area contributed by atoms with Crippen molar-refractivity contribution in [1.29, 1.82) is 0 Å². The van der Waals surface area contributed by atoms with Crippen molar-refractivity contribution in [2.24, 2.45) is 0 Å². The molecule has 0 fully saturated rings. The quantitative estimate of drug-likeness (QED) is 0.209. The minimum absolute atomic E-state index is 0.128. The number of aryl methyl sites for hydroxylation is 2. The van der Waals surface area contributed by atoms with Gasteiger partial charge < -0.3 is 4.90 Å². The molecule has 5 heteroatoms. The molecule has 2 aliphatic heterocycles. The largest absolute Gasteiger partial charge is 0.331 e. The molecule has 8 rings (SSSR count). The number of hydrogen-bond acceptors (Lipinski definition) is 3. The Morgan fingerprint density at radius 2 is 1.14 bits per heavy atom. The van der Waals surface area contributed by atoms with Crippen LogP contribution in [0.15, 0.2) is 145 Å². The zero-order valence-corrected chi connectivity index (χ0v) is 25.4. The first-order chi connectivity index (χ1) is 21.4. The fourth-order valence-electron chi connectivity index (χ4n) is 7.13. The molecule has 0 radical (unpaired) electrons. The van der Waals surface area contributed by atoms with Crippen LogP contribution < -0.4 is 4.31 Å². The standard InChI is InChI=1S/C39H32N2O2S/c1-26-16-20-29(21-17-26)37-25-40(44(42,43)30-22-18-27(2)19-23-30)35-15-9-8-14-33(35)39-38-32-13-7-6-12-31(32)34(38)24-36(41(37)39)28-10-4-3-5-11-28/h3-25,34,38-39H,1-2H3. The van der Waals surface area contributed by atoms with Crippen LogP contribution in [0.1, 0.15) is 56.8 Å². The normalized spacial score (nSPS) is 20.2. The third kappa shape index (κ3) is 4.07. The second-order valence-electron chi connectivity index (χ2n) is 12.0. The van der Waals surface area contributed by atoms with Crippen molar-refractivity contribution < 1.29 is 8.42 Å². The number of benzene rings is 5. The Kier molecular flexibility index (Phi) is 6.14. The number of hydrogen-bond donors (Lipinski definition) is 0. The van der Waals surface area contributed by atoms with Crippen LogP contribution in [0.2, 0.25) is 0 Å². The highest BCUT2D eigenvalue weighted by atomic mass is 32.2. The summed E-state index contributed by atoms with van der Waals surface area (Å²) in [5, 5.41) is 0. The van der Waals surface area contributed by atoms with E-state index in [1.807, 2.05) is 49.5 Å². The molecule has 0 N–H and O–H groups in total. The van der Waals surface area contributed by atoms with Gasteiger partial charge in [0.05, 0.1) is 22.3 Å². The number of sulfonamides is 1. The van der Waals surface area contributed by atoms with E-state index >= 15 is 0 Å². The molecule has 216 valence electrons. The van der Waals surface area contributed by atoms with Crippen molar-refractivity contribution in [3.8, 4) is 0 Å². The van der Waals surface area contributed by atoms with E-state index in [4.69, 9.17) is 0 Å². The van der Waals surface area contributed by atoms with Gasteiger partial charge in [0.1, 0.15) is 0 Å². The molecular formula is C39H32N2O2S. The molecule has 3 aliphatic rings. The number of allylic oxidation sites excluding steroid dienone is 1. The number of rotatable bonds is 4. The number of nitrogens with zero attached hydrogens (tertiary/aromatic N) is 2. The first kappa shape index (κ1) is 26.7. The highest BCUT2D eigenvalue weighted by molar-refractivity contribution is 7.93. The summed E-state index contributed by atoms with van der Waals surface area (Å²) in [6.07, 6.45) is 4.24. The van der Waals surface area contributed by atoms with Crippen LogP contribution in [0.4, 0.5) is 5.69 Å². The Morgan fingerprint density at radius 1 is 0.568 bits per heavy atom. The lowest BCUT2D eigenvalue weighted by molar-refractivity contribution is 0.286. The van der Waals surface area contributed by atoms with Crippen LogP contribution in [-0.2, 0) is 10.0 Å². The number of fused-ring (bicyclic) bond motifs is 8. The molecule has 2 heterocycles. The molecule has 5 aromatic rings. The predicted octanol–water partition coefficient (Wildman–Crippen LogP) is 8.79. The van der Waals surface area contributed by atoms with Gasteiger partial charge >= 0.3 is 0 Å². The Bertz CT molecular complexity index is 2060. The van der Waals surface area contributed by atoms with E-state index < -0.39 is 10.0 Å². The average Bonchev–Trinajstić information content (AvgIpc) is 3.19. The van der Waals surface area contributed by atoms with Crippen molar-refractivity contribution in [3.63, 3.8) is 0 Å². The maximum absolute atomic E-state index is 14.6.